The van der Waals surface area contributed by atoms with E-state index in [1.165, 1.54) is 18.2 Å². The van der Waals surface area contributed by atoms with Gasteiger partial charge >= 0.3 is 5.97 Å². The monoisotopic (exact) mass is 297 g/mol. The van der Waals surface area contributed by atoms with Crippen LogP contribution < -0.4 is 5.32 Å². The highest BCUT2D eigenvalue weighted by Gasteiger charge is 2.41. The molecule has 0 unspecified atom stereocenters. The third-order valence-corrected chi connectivity index (χ3v) is 4.51. The van der Waals surface area contributed by atoms with Crippen molar-refractivity contribution in [1.82, 2.24) is 5.32 Å². The fourth-order valence-electron chi connectivity index (χ4n) is 2.19. The lowest BCUT2D eigenvalue weighted by Crippen LogP contribution is -2.56. The first-order chi connectivity index (χ1) is 9.44. The van der Waals surface area contributed by atoms with Gasteiger partial charge in [-0.1, -0.05) is 0 Å². The number of aryl methyl sites for hydroxylation is 1. The molecular weight excluding hydrogens is 281 g/mol. The van der Waals surface area contributed by atoms with Crippen LogP contribution in [-0.4, -0.2) is 34.0 Å². The Bertz CT molecular complexity index is 541. The van der Waals surface area contributed by atoms with Crippen molar-refractivity contribution in [2.45, 2.75) is 25.3 Å². The largest absolute Gasteiger partial charge is 0.480 e. The predicted octanol–water partition coefficient (Wildman–Crippen LogP) is 2.21. The van der Waals surface area contributed by atoms with E-state index in [-0.39, 0.29) is 11.4 Å². The number of hydrogen-bond acceptors (Lipinski definition) is 3. The van der Waals surface area contributed by atoms with Gasteiger partial charge in [-0.25, -0.2) is 9.18 Å². The van der Waals surface area contributed by atoms with Crippen LogP contribution in [-0.2, 0) is 4.79 Å². The van der Waals surface area contributed by atoms with Gasteiger partial charge in [0, 0.05) is 5.56 Å². The Labute approximate surface area is 120 Å². The number of benzene rings is 1. The summed E-state index contributed by atoms with van der Waals surface area (Å²) in [6.07, 6.45) is 0.803. The van der Waals surface area contributed by atoms with Crippen LogP contribution in [0.1, 0.15) is 28.8 Å². The van der Waals surface area contributed by atoms with Crippen molar-refractivity contribution in [1.29, 1.82) is 0 Å². The van der Waals surface area contributed by atoms with Gasteiger partial charge in [0.1, 0.15) is 11.4 Å². The molecule has 2 rings (SSSR count). The molecule has 0 saturated carbocycles. The molecule has 0 bridgehead atoms. The van der Waals surface area contributed by atoms with Gasteiger partial charge in [-0.2, -0.15) is 11.8 Å². The number of carboxylic acid groups (broad SMARTS) is 1. The number of carbonyl (C=O) groups excluding carboxylic acids is 1. The third-order valence-electron chi connectivity index (χ3n) is 3.53. The van der Waals surface area contributed by atoms with E-state index in [1.807, 2.05) is 0 Å². The van der Waals surface area contributed by atoms with E-state index in [0.29, 0.717) is 29.9 Å². The zero-order chi connectivity index (χ0) is 14.8. The first-order valence-electron chi connectivity index (χ1n) is 6.34. The Morgan fingerprint density at radius 2 is 2.00 bits per heavy atom. The Kier molecular flexibility index (Phi) is 4.32. The van der Waals surface area contributed by atoms with E-state index in [1.54, 1.807) is 18.7 Å². The summed E-state index contributed by atoms with van der Waals surface area (Å²) in [5, 5.41) is 12.0. The summed E-state index contributed by atoms with van der Waals surface area (Å²) < 4.78 is 13.2. The standard InChI is InChI=1S/C14H16FNO3S/c1-9-8-10(2-3-11(9)15)12(17)16-14(13(18)19)4-6-20-7-5-14/h2-3,8H,4-7H2,1H3,(H,16,17)(H,18,19). The second-order valence-electron chi connectivity index (χ2n) is 4.92. The molecule has 1 aromatic rings. The van der Waals surface area contributed by atoms with Gasteiger partial charge in [0.15, 0.2) is 0 Å². The zero-order valence-electron chi connectivity index (χ0n) is 11.1. The third kappa shape index (κ3) is 2.95. The second-order valence-corrected chi connectivity index (χ2v) is 6.14. The lowest BCUT2D eigenvalue weighted by Gasteiger charge is -2.33. The summed E-state index contributed by atoms with van der Waals surface area (Å²) in [4.78, 5) is 23.7. The first kappa shape index (κ1) is 14.8. The molecule has 0 aliphatic carbocycles. The van der Waals surface area contributed by atoms with E-state index in [9.17, 15) is 19.1 Å². The number of nitrogens with one attached hydrogen (secondary N) is 1. The van der Waals surface area contributed by atoms with Crippen LogP contribution in [0, 0.1) is 12.7 Å². The van der Waals surface area contributed by atoms with Gasteiger partial charge in [-0.3, -0.25) is 4.79 Å². The fraction of sp³-hybridized carbons (Fsp3) is 0.429. The fourth-order valence-corrected chi connectivity index (χ4v) is 3.38. The Morgan fingerprint density at radius 1 is 1.35 bits per heavy atom. The van der Waals surface area contributed by atoms with Gasteiger partial charge in [0.05, 0.1) is 0 Å². The lowest BCUT2D eigenvalue weighted by atomic mass is 9.91. The summed E-state index contributed by atoms with van der Waals surface area (Å²) in [6.45, 7) is 1.57. The summed E-state index contributed by atoms with van der Waals surface area (Å²) in [5.74, 6) is -0.458. The van der Waals surface area contributed by atoms with E-state index in [0.717, 1.165) is 0 Å². The second kappa shape index (κ2) is 5.83. The van der Waals surface area contributed by atoms with Crippen LogP contribution >= 0.6 is 11.8 Å². The van der Waals surface area contributed by atoms with Crippen molar-refractivity contribution in [2.75, 3.05) is 11.5 Å². The summed E-state index contributed by atoms with van der Waals surface area (Å²) in [7, 11) is 0. The highest BCUT2D eigenvalue weighted by Crippen LogP contribution is 2.28. The molecule has 20 heavy (non-hydrogen) atoms. The molecule has 0 spiro atoms. The molecule has 1 fully saturated rings. The number of amides is 1. The minimum atomic E-state index is -1.20. The van der Waals surface area contributed by atoms with Gasteiger partial charge < -0.3 is 10.4 Å². The molecule has 6 heteroatoms. The number of halogens is 1. The summed E-state index contributed by atoms with van der Waals surface area (Å²) in [6, 6.07) is 4.01. The average Bonchev–Trinajstić information content (AvgIpc) is 2.42. The molecule has 0 radical (unpaired) electrons. The zero-order valence-corrected chi connectivity index (χ0v) is 11.9. The predicted molar refractivity (Wildman–Crippen MR) is 75.5 cm³/mol. The molecule has 1 heterocycles. The highest BCUT2D eigenvalue weighted by molar-refractivity contribution is 7.99. The SMILES string of the molecule is Cc1cc(C(=O)NC2(C(=O)O)CCSCC2)ccc1F. The number of rotatable bonds is 3. The highest BCUT2D eigenvalue weighted by atomic mass is 32.2. The van der Waals surface area contributed by atoms with E-state index < -0.39 is 17.4 Å². The molecule has 108 valence electrons. The molecule has 2 N–H and O–H groups in total. The van der Waals surface area contributed by atoms with Gasteiger partial charge in [-0.15, -0.1) is 0 Å². The topological polar surface area (TPSA) is 66.4 Å². The van der Waals surface area contributed by atoms with Crippen LogP contribution in [0.3, 0.4) is 0 Å². The minimum Gasteiger partial charge on any atom is -0.480 e. The van der Waals surface area contributed by atoms with E-state index in [4.69, 9.17) is 0 Å². The maximum absolute atomic E-state index is 13.2. The minimum absolute atomic E-state index is 0.280. The Hall–Kier alpha value is -1.56. The van der Waals surface area contributed by atoms with E-state index >= 15 is 0 Å². The van der Waals surface area contributed by atoms with Crippen molar-refractivity contribution in [3.05, 3.63) is 35.1 Å². The molecule has 0 aromatic heterocycles. The Balaban J connectivity index is 2.20. The van der Waals surface area contributed by atoms with Crippen molar-refractivity contribution in [3.63, 3.8) is 0 Å². The van der Waals surface area contributed by atoms with Crippen molar-refractivity contribution in [2.24, 2.45) is 0 Å². The quantitative estimate of drug-likeness (QED) is 0.897. The van der Waals surface area contributed by atoms with E-state index in [2.05, 4.69) is 5.32 Å². The Morgan fingerprint density at radius 3 is 2.55 bits per heavy atom. The summed E-state index contributed by atoms with van der Waals surface area (Å²) >= 11 is 1.68. The van der Waals surface area contributed by atoms with Gasteiger partial charge in [0.2, 0.25) is 0 Å². The van der Waals surface area contributed by atoms with Crippen molar-refractivity contribution in [3.8, 4) is 0 Å². The van der Waals surface area contributed by atoms with Crippen LogP contribution in [0.15, 0.2) is 18.2 Å². The van der Waals surface area contributed by atoms with Crippen LogP contribution in [0.2, 0.25) is 0 Å². The maximum Gasteiger partial charge on any atom is 0.329 e. The summed E-state index contributed by atoms with van der Waals surface area (Å²) in [5.41, 5.74) is -0.561. The normalized spacial score (nSPS) is 17.5. The average molecular weight is 297 g/mol. The molecule has 1 amide bonds. The smallest absolute Gasteiger partial charge is 0.329 e. The van der Waals surface area contributed by atoms with Crippen LogP contribution in [0.4, 0.5) is 4.39 Å². The van der Waals surface area contributed by atoms with Crippen molar-refractivity contribution < 1.29 is 19.1 Å². The molecule has 0 atom stereocenters. The lowest BCUT2D eigenvalue weighted by molar-refractivity contribution is -0.144. The van der Waals surface area contributed by atoms with Gasteiger partial charge in [-0.05, 0) is 55.0 Å². The molecule has 4 nitrogen and oxygen atoms in total. The van der Waals surface area contributed by atoms with Gasteiger partial charge in [0.25, 0.3) is 5.91 Å². The molecule has 1 aliphatic heterocycles. The number of carbonyl (C=O) groups is 2. The number of aliphatic carboxylic acids is 1. The maximum atomic E-state index is 13.2. The first-order valence-corrected chi connectivity index (χ1v) is 7.50. The van der Waals surface area contributed by atoms with Crippen LogP contribution in [0.25, 0.3) is 0 Å². The molecular formula is C14H16FNO3S. The molecule has 1 aromatic carbocycles. The number of thioether (sulfide) groups is 1. The molecule has 1 saturated heterocycles. The number of carboxylic acids is 1. The molecule has 1 aliphatic rings. The van der Waals surface area contributed by atoms with Crippen LogP contribution in [0.5, 0.6) is 0 Å². The number of hydrogen-bond donors (Lipinski definition) is 2. The van der Waals surface area contributed by atoms with Crippen molar-refractivity contribution >= 4 is 23.6 Å².